The molecule has 1 aliphatic heterocycles. The fourth-order valence-electron chi connectivity index (χ4n) is 3.08. The standard InChI is InChI=1S/C19H20FNO4S/c1-12-15(13-2-4-14(20)5-3-13)10-16(26-12)17(22)21-11-19(18(23)24)6-8-25-9-7-19/h2-5,10H,6-9,11H2,1H3,(H,21,22)(H,23,24). The first kappa shape index (κ1) is 18.5. The summed E-state index contributed by atoms with van der Waals surface area (Å²) in [5.74, 6) is -1.51. The maximum atomic E-state index is 13.1. The summed E-state index contributed by atoms with van der Waals surface area (Å²) in [5, 5.41) is 12.3. The van der Waals surface area contributed by atoms with Gasteiger partial charge in [-0.2, -0.15) is 0 Å². The van der Waals surface area contributed by atoms with Gasteiger partial charge < -0.3 is 15.2 Å². The van der Waals surface area contributed by atoms with Gasteiger partial charge in [-0.25, -0.2) is 4.39 Å². The van der Waals surface area contributed by atoms with Gasteiger partial charge in [-0.05, 0) is 49.1 Å². The molecular weight excluding hydrogens is 357 g/mol. The minimum Gasteiger partial charge on any atom is -0.481 e. The molecule has 26 heavy (non-hydrogen) atoms. The highest BCUT2D eigenvalue weighted by Crippen LogP contribution is 2.32. The van der Waals surface area contributed by atoms with E-state index >= 15 is 0 Å². The number of hydrogen-bond donors (Lipinski definition) is 2. The number of benzene rings is 1. The van der Waals surface area contributed by atoms with Crippen molar-refractivity contribution in [1.29, 1.82) is 0 Å². The zero-order valence-corrected chi connectivity index (χ0v) is 15.2. The maximum absolute atomic E-state index is 13.1. The number of amides is 1. The molecule has 0 radical (unpaired) electrons. The lowest BCUT2D eigenvalue weighted by atomic mass is 9.80. The normalized spacial score (nSPS) is 16.2. The van der Waals surface area contributed by atoms with Crippen LogP contribution in [-0.4, -0.2) is 36.7 Å². The molecule has 0 bridgehead atoms. The summed E-state index contributed by atoms with van der Waals surface area (Å²) in [6.07, 6.45) is 0.764. The Morgan fingerprint density at radius 3 is 2.54 bits per heavy atom. The third-order valence-electron chi connectivity index (χ3n) is 4.79. The predicted octanol–water partition coefficient (Wildman–Crippen LogP) is 3.47. The molecule has 2 heterocycles. The molecule has 0 aliphatic carbocycles. The molecule has 0 unspecified atom stereocenters. The van der Waals surface area contributed by atoms with Crippen molar-refractivity contribution in [2.75, 3.05) is 19.8 Å². The monoisotopic (exact) mass is 377 g/mol. The largest absolute Gasteiger partial charge is 0.481 e. The van der Waals surface area contributed by atoms with E-state index in [0.717, 1.165) is 16.0 Å². The lowest BCUT2D eigenvalue weighted by molar-refractivity contribution is -0.154. The molecule has 2 aromatic rings. The van der Waals surface area contributed by atoms with Crippen molar-refractivity contribution < 1.29 is 23.8 Å². The molecule has 1 saturated heterocycles. The molecule has 1 aromatic carbocycles. The van der Waals surface area contributed by atoms with Crippen molar-refractivity contribution in [3.63, 3.8) is 0 Å². The summed E-state index contributed by atoms with van der Waals surface area (Å²) in [6, 6.07) is 7.88. The van der Waals surface area contributed by atoms with Crippen LogP contribution in [-0.2, 0) is 9.53 Å². The van der Waals surface area contributed by atoms with Gasteiger partial charge in [0.15, 0.2) is 0 Å². The van der Waals surface area contributed by atoms with Crippen LogP contribution < -0.4 is 5.32 Å². The minimum atomic E-state index is -0.972. The van der Waals surface area contributed by atoms with Gasteiger partial charge in [0.25, 0.3) is 5.91 Å². The number of carbonyl (C=O) groups is 2. The van der Waals surface area contributed by atoms with Crippen molar-refractivity contribution >= 4 is 23.2 Å². The minimum absolute atomic E-state index is 0.0767. The van der Waals surface area contributed by atoms with E-state index in [4.69, 9.17) is 4.74 Å². The quantitative estimate of drug-likeness (QED) is 0.837. The average Bonchev–Trinajstić information content (AvgIpc) is 3.03. The second kappa shape index (κ2) is 7.55. The number of aliphatic carboxylic acids is 1. The number of thiophene rings is 1. The Morgan fingerprint density at radius 1 is 1.27 bits per heavy atom. The highest BCUT2D eigenvalue weighted by atomic mass is 32.1. The van der Waals surface area contributed by atoms with Crippen LogP contribution in [0.25, 0.3) is 11.1 Å². The highest BCUT2D eigenvalue weighted by Gasteiger charge is 2.40. The van der Waals surface area contributed by atoms with E-state index in [9.17, 15) is 19.1 Å². The maximum Gasteiger partial charge on any atom is 0.311 e. The van der Waals surface area contributed by atoms with E-state index in [1.165, 1.54) is 23.5 Å². The van der Waals surface area contributed by atoms with Gasteiger partial charge in [-0.1, -0.05) is 12.1 Å². The number of ether oxygens (including phenoxy) is 1. The smallest absolute Gasteiger partial charge is 0.311 e. The Hall–Kier alpha value is -2.25. The van der Waals surface area contributed by atoms with Crippen molar-refractivity contribution in [3.05, 3.63) is 45.9 Å². The zero-order chi connectivity index (χ0) is 18.7. The van der Waals surface area contributed by atoms with E-state index in [-0.39, 0.29) is 18.3 Å². The van der Waals surface area contributed by atoms with Crippen molar-refractivity contribution in [2.24, 2.45) is 5.41 Å². The highest BCUT2D eigenvalue weighted by molar-refractivity contribution is 7.14. The van der Waals surface area contributed by atoms with Crippen LogP contribution in [0.5, 0.6) is 0 Å². The summed E-state index contributed by atoms with van der Waals surface area (Å²) >= 11 is 1.34. The molecule has 2 N–H and O–H groups in total. The molecule has 1 aromatic heterocycles. The van der Waals surface area contributed by atoms with Gasteiger partial charge in [0.1, 0.15) is 5.82 Å². The van der Waals surface area contributed by atoms with Crippen LogP contribution in [0, 0.1) is 18.2 Å². The fourth-order valence-corrected chi connectivity index (χ4v) is 4.03. The fraction of sp³-hybridized carbons (Fsp3) is 0.368. The van der Waals surface area contributed by atoms with Gasteiger partial charge in [0.2, 0.25) is 0 Å². The van der Waals surface area contributed by atoms with Crippen LogP contribution >= 0.6 is 11.3 Å². The van der Waals surface area contributed by atoms with Crippen LogP contribution in [0.2, 0.25) is 0 Å². The van der Waals surface area contributed by atoms with Crippen LogP contribution in [0.15, 0.2) is 30.3 Å². The Bertz CT molecular complexity index is 809. The van der Waals surface area contributed by atoms with Gasteiger partial charge in [0.05, 0.1) is 10.3 Å². The SMILES string of the molecule is Cc1sc(C(=O)NCC2(C(=O)O)CCOCC2)cc1-c1ccc(F)cc1. The van der Waals surface area contributed by atoms with E-state index < -0.39 is 11.4 Å². The summed E-state index contributed by atoms with van der Waals surface area (Å²) < 4.78 is 18.3. The third kappa shape index (κ3) is 3.78. The molecule has 5 nitrogen and oxygen atoms in total. The number of carboxylic acids is 1. The zero-order valence-electron chi connectivity index (χ0n) is 14.4. The topological polar surface area (TPSA) is 75.6 Å². The molecule has 0 atom stereocenters. The number of carbonyl (C=O) groups excluding carboxylic acids is 1. The molecule has 3 rings (SSSR count). The number of rotatable bonds is 5. The van der Waals surface area contributed by atoms with Crippen molar-refractivity contribution in [1.82, 2.24) is 5.32 Å². The van der Waals surface area contributed by atoms with E-state index in [0.29, 0.717) is 30.9 Å². The molecule has 7 heteroatoms. The van der Waals surface area contributed by atoms with Gasteiger partial charge >= 0.3 is 5.97 Å². The Labute approximate surface area is 154 Å². The van der Waals surface area contributed by atoms with Gasteiger partial charge in [-0.15, -0.1) is 11.3 Å². The lowest BCUT2D eigenvalue weighted by Crippen LogP contribution is -2.46. The van der Waals surface area contributed by atoms with Crippen molar-refractivity contribution in [2.45, 2.75) is 19.8 Å². The summed E-state index contributed by atoms with van der Waals surface area (Å²) in [6.45, 7) is 2.74. The first-order valence-corrected chi connectivity index (χ1v) is 9.19. The van der Waals surface area contributed by atoms with Crippen LogP contribution in [0.4, 0.5) is 4.39 Å². The van der Waals surface area contributed by atoms with E-state index in [2.05, 4.69) is 5.32 Å². The predicted molar refractivity (Wildman–Crippen MR) is 96.9 cm³/mol. The lowest BCUT2D eigenvalue weighted by Gasteiger charge is -2.33. The Balaban J connectivity index is 1.73. The molecular formula is C19H20FNO4S. The molecule has 1 aliphatic rings. The first-order chi connectivity index (χ1) is 12.4. The Kier molecular flexibility index (Phi) is 5.38. The molecule has 1 fully saturated rings. The Morgan fingerprint density at radius 2 is 1.92 bits per heavy atom. The molecule has 138 valence electrons. The number of nitrogens with one attached hydrogen (secondary N) is 1. The number of halogens is 1. The van der Waals surface area contributed by atoms with Gasteiger partial charge in [0, 0.05) is 24.6 Å². The van der Waals surface area contributed by atoms with Gasteiger partial charge in [-0.3, -0.25) is 9.59 Å². The summed E-state index contributed by atoms with van der Waals surface area (Å²) in [7, 11) is 0. The second-order valence-corrected chi connectivity index (χ2v) is 7.72. The summed E-state index contributed by atoms with van der Waals surface area (Å²) in [4.78, 5) is 25.6. The van der Waals surface area contributed by atoms with E-state index in [1.54, 1.807) is 18.2 Å². The van der Waals surface area contributed by atoms with Crippen LogP contribution in [0.1, 0.15) is 27.4 Å². The van der Waals surface area contributed by atoms with Crippen LogP contribution in [0.3, 0.4) is 0 Å². The molecule has 0 saturated carbocycles. The first-order valence-electron chi connectivity index (χ1n) is 8.37. The number of hydrogen-bond acceptors (Lipinski definition) is 4. The number of aryl methyl sites for hydroxylation is 1. The number of carboxylic acid groups (broad SMARTS) is 1. The second-order valence-electron chi connectivity index (χ2n) is 6.47. The average molecular weight is 377 g/mol. The third-order valence-corrected chi connectivity index (χ3v) is 5.84. The molecule has 0 spiro atoms. The molecule has 1 amide bonds. The summed E-state index contributed by atoms with van der Waals surface area (Å²) in [5.41, 5.74) is 0.741. The van der Waals surface area contributed by atoms with E-state index in [1.807, 2.05) is 6.92 Å². The van der Waals surface area contributed by atoms with Crippen molar-refractivity contribution in [3.8, 4) is 11.1 Å².